The third kappa shape index (κ3) is 3.68. The number of fused-ring (bicyclic) bond motifs is 3. The van der Waals surface area contributed by atoms with Crippen LogP contribution < -0.4 is 9.80 Å². The van der Waals surface area contributed by atoms with Gasteiger partial charge >= 0.3 is 0 Å². The summed E-state index contributed by atoms with van der Waals surface area (Å²) >= 11 is 6.03. The lowest BCUT2D eigenvalue weighted by molar-refractivity contribution is 0.265. The molecule has 1 aromatic carbocycles. The van der Waals surface area contributed by atoms with Crippen LogP contribution in [0.15, 0.2) is 24.4 Å². The van der Waals surface area contributed by atoms with Crippen molar-refractivity contribution >= 4 is 28.9 Å². The van der Waals surface area contributed by atoms with Gasteiger partial charge in [0.05, 0.1) is 17.6 Å². The van der Waals surface area contributed by atoms with Gasteiger partial charge in [-0.25, -0.2) is 17.9 Å². The van der Waals surface area contributed by atoms with E-state index in [9.17, 15) is 13.2 Å². The van der Waals surface area contributed by atoms with E-state index in [1.165, 1.54) is 6.07 Å². The SMILES string of the molecule is Fc1ccc(N2CCCn3nc(CC4[C@@H]5CC[C@H]4CN(c4cnnc(Cl)c4)C5)nc32)c(F)c1F. The summed E-state index contributed by atoms with van der Waals surface area (Å²) in [5.41, 5.74) is 0.979. The van der Waals surface area contributed by atoms with Gasteiger partial charge in [0, 0.05) is 38.7 Å². The lowest BCUT2D eigenvalue weighted by Gasteiger charge is -2.38. The van der Waals surface area contributed by atoms with Gasteiger partial charge in [-0.05, 0) is 49.1 Å². The van der Waals surface area contributed by atoms with Gasteiger partial charge in [0.2, 0.25) is 5.95 Å². The number of anilines is 3. The molecule has 6 rings (SSSR count). The van der Waals surface area contributed by atoms with Crippen LogP contribution in [0.2, 0.25) is 5.15 Å². The molecule has 3 atom stereocenters. The van der Waals surface area contributed by atoms with Crippen molar-refractivity contribution in [1.29, 1.82) is 0 Å². The first kappa shape index (κ1) is 21.6. The predicted molar refractivity (Wildman–Crippen MR) is 121 cm³/mol. The Morgan fingerprint density at radius 3 is 2.59 bits per heavy atom. The highest BCUT2D eigenvalue weighted by Crippen LogP contribution is 2.44. The highest BCUT2D eigenvalue weighted by molar-refractivity contribution is 6.29. The second-order valence-corrected chi connectivity index (χ2v) is 9.75. The van der Waals surface area contributed by atoms with Gasteiger partial charge in [0.15, 0.2) is 28.4 Å². The van der Waals surface area contributed by atoms with Crippen molar-refractivity contribution in [3.63, 3.8) is 0 Å². The third-order valence-corrected chi connectivity index (χ3v) is 7.60. The van der Waals surface area contributed by atoms with Gasteiger partial charge < -0.3 is 9.80 Å². The minimum absolute atomic E-state index is 0.0169. The van der Waals surface area contributed by atoms with Crippen molar-refractivity contribution in [3.05, 3.63) is 52.8 Å². The molecular formula is C23H23ClF3N7. The molecule has 3 aliphatic rings. The zero-order valence-corrected chi connectivity index (χ0v) is 19.1. The lowest BCUT2D eigenvalue weighted by atomic mass is 9.82. The summed E-state index contributed by atoms with van der Waals surface area (Å²) in [6, 6.07) is 4.06. The van der Waals surface area contributed by atoms with Crippen LogP contribution in [0.4, 0.5) is 30.5 Å². The molecule has 0 N–H and O–H groups in total. The molecule has 2 fully saturated rings. The molecule has 2 aliphatic heterocycles. The number of piperidine rings is 1. The van der Waals surface area contributed by atoms with E-state index in [4.69, 9.17) is 21.7 Å². The number of benzene rings is 1. The molecule has 1 saturated heterocycles. The zero-order valence-electron chi connectivity index (χ0n) is 18.3. The predicted octanol–water partition coefficient (Wildman–Crippen LogP) is 4.39. The van der Waals surface area contributed by atoms with E-state index in [2.05, 4.69) is 15.1 Å². The Kier molecular flexibility index (Phi) is 5.35. The van der Waals surface area contributed by atoms with Crippen molar-refractivity contribution in [2.45, 2.75) is 32.2 Å². The van der Waals surface area contributed by atoms with Crippen molar-refractivity contribution < 1.29 is 13.2 Å². The fourth-order valence-electron chi connectivity index (χ4n) is 5.84. The average molecular weight is 490 g/mol. The lowest BCUT2D eigenvalue weighted by Crippen LogP contribution is -2.42. The van der Waals surface area contributed by atoms with Crippen molar-refractivity contribution in [1.82, 2.24) is 25.0 Å². The van der Waals surface area contributed by atoms with E-state index in [0.717, 1.165) is 44.1 Å². The number of hydrogen-bond acceptors (Lipinski definition) is 6. The maximum Gasteiger partial charge on any atom is 0.228 e. The number of aryl methyl sites for hydroxylation is 1. The standard InChI is InChI=1S/C23H23ClF3N7/c24-19-8-15(10-28-30-19)32-11-13-2-3-14(12-32)16(13)9-20-29-23-33(6-1-7-34(23)31-20)18-5-4-17(25)21(26)22(18)27/h4-5,8,10,13-14,16H,1-3,6-7,9,11-12H2/t13-,14+,16?. The first-order valence-electron chi connectivity index (χ1n) is 11.6. The molecule has 34 heavy (non-hydrogen) atoms. The van der Waals surface area contributed by atoms with Crippen LogP contribution in [-0.4, -0.2) is 44.6 Å². The maximum absolute atomic E-state index is 14.5. The van der Waals surface area contributed by atoms with Gasteiger partial charge in [-0.3, -0.25) is 0 Å². The van der Waals surface area contributed by atoms with Crippen LogP contribution in [0.3, 0.4) is 0 Å². The molecule has 1 saturated carbocycles. The van der Waals surface area contributed by atoms with Gasteiger partial charge in [-0.2, -0.15) is 15.2 Å². The topological polar surface area (TPSA) is 63.0 Å². The number of nitrogens with zero attached hydrogens (tertiary/aromatic N) is 7. The Labute approximate surface area is 199 Å². The average Bonchev–Trinajstić information content (AvgIpc) is 3.33. The molecule has 0 spiro atoms. The summed E-state index contributed by atoms with van der Waals surface area (Å²) in [7, 11) is 0. The molecule has 3 aromatic rings. The smallest absolute Gasteiger partial charge is 0.228 e. The Morgan fingerprint density at radius 2 is 1.82 bits per heavy atom. The van der Waals surface area contributed by atoms with Crippen molar-refractivity contribution in [2.24, 2.45) is 17.8 Å². The first-order valence-corrected chi connectivity index (χ1v) is 11.9. The molecule has 178 valence electrons. The van der Waals surface area contributed by atoms with E-state index in [0.29, 0.717) is 54.2 Å². The molecule has 11 heteroatoms. The molecule has 7 nitrogen and oxygen atoms in total. The summed E-state index contributed by atoms with van der Waals surface area (Å²) in [4.78, 5) is 8.65. The molecule has 0 radical (unpaired) electrons. The summed E-state index contributed by atoms with van der Waals surface area (Å²) < 4.78 is 43.6. The van der Waals surface area contributed by atoms with E-state index in [1.54, 1.807) is 15.8 Å². The second kappa shape index (κ2) is 8.41. The number of halogens is 4. The van der Waals surface area contributed by atoms with Gasteiger partial charge in [-0.15, -0.1) is 5.10 Å². The van der Waals surface area contributed by atoms with Crippen LogP contribution in [0.25, 0.3) is 0 Å². The fourth-order valence-corrected chi connectivity index (χ4v) is 6.00. The summed E-state index contributed by atoms with van der Waals surface area (Å²) in [6.45, 7) is 2.96. The Balaban J connectivity index is 1.22. The van der Waals surface area contributed by atoms with Crippen LogP contribution in [0.1, 0.15) is 25.1 Å². The quantitative estimate of drug-likeness (QED) is 0.507. The Hall–Kier alpha value is -2.88. The number of hydrogen-bond donors (Lipinski definition) is 0. The van der Waals surface area contributed by atoms with E-state index in [-0.39, 0.29) is 5.69 Å². The maximum atomic E-state index is 14.5. The Morgan fingerprint density at radius 1 is 1.03 bits per heavy atom. The van der Waals surface area contributed by atoms with Crippen molar-refractivity contribution in [3.8, 4) is 0 Å². The molecule has 4 heterocycles. The zero-order chi connectivity index (χ0) is 23.4. The largest absolute Gasteiger partial charge is 0.370 e. The van der Waals surface area contributed by atoms with Crippen LogP contribution in [0, 0.1) is 35.2 Å². The molecule has 1 unspecified atom stereocenters. The highest BCUT2D eigenvalue weighted by Gasteiger charge is 2.43. The van der Waals surface area contributed by atoms with Crippen LogP contribution in [0.5, 0.6) is 0 Å². The van der Waals surface area contributed by atoms with Crippen molar-refractivity contribution in [2.75, 3.05) is 29.4 Å². The molecule has 2 aromatic heterocycles. The number of rotatable bonds is 4. The Bertz CT molecular complexity index is 1220. The molecule has 0 amide bonds. The minimum Gasteiger partial charge on any atom is -0.370 e. The van der Waals surface area contributed by atoms with E-state index in [1.807, 2.05) is 6.07 Å². The second-order valence-electron chi connectivity index (χ2n) is 9.36. The molecule has 1 aliphatic carbocycles. The minimum atomic E-state index is -1.47. The van der Waals surface area contributed by atoms with Crippen LogP contribution in [-0.2, 0) is 13.0 Å². The normalized spacial score (nSPS) is 23.9. The molecule has 2 bridgehead atoms. The van der Waals surface area contributed by atoms with Gasteiger partial charge in [-0.1, -0.05) is 11.6 Å². The van der Waals surface area contributed by atoms with Gasteiger partial charge in [0.1, 0.15) is 0 Å². The monoisotopic (exact) mass is 489 g/mol. The summed E-state index contributed by atoms with van der Waals surface area (Å²) in [6.07, 6.45) is 5.51. The summed E-state index contributed by atoms with van der Waals surface area (Å²) in [5.74, 6) is -1.21. The highest BCUT2D eigenvalue weighted by atomic mass is 35.5. The third-order valence-electron chi connectivity index (χ3n) is 7.42. The van der Waals surface area contributed by atoms with E-state index < -0.39 is 17.5 Å². The number of aromatic nitrogens is 5. The van der Waals surface area contributed by atoms with E-state index >= 15 is 0 Å². The fraction of sp³-hybridized carbons (Fsp3) is 0.478. The van der Waals surface area contributed by atoms with Crippen LogP contribution >= 0.6 is 11.6 Å². The van der Waals surface area contributed by atoms with Gasteiger partial charge in [0.25, 0.3) is 0 Å². The molecular weight excluding hydrogens is 467 g/mol. The summed E-state index contributed by atoms with van der Waals surface area (Å²) in [5, 5.41) is 12.9. The first-order chi connectivity index (χ1) is 16.5.